The fourth-order valence-electron chi connectivity index (χ4n) is 5.58. The summed E-state index contributed by atoms with van der Waals surface area (Å²) in [5.41, 5.74) is 11.8. The van der Waals surface area contributed by atoms with E-state index in [2.05, 4.69) is 36.6 Å². The van der Waals surface area contributed by atoms with Crippen molar-refractivity contribution in [2.24, 2.45) is 23.3 Å². The van der Waals surface area contributed by atoms with E-state index in [1.54, 1.807) is 13.8 Å². The number of carboxylic acids is 1. The highest BCUT2D eigenvalue weighted by molar-refractivity contribution is 5.97. The van der Waals surface area contributed by atoms with Crippen LogP contribution in [0.5, 0.6) is 0 Å². The van der Waals surface area contributed by atoms with E-state index in [1.165, 1.54) is 24.3 Å². The molecule has 1 aromatic rings. The van der Waals surface area contributed by atoms with Gasteiger partial charge < -0.3 is 58.1 Å². The van der Waals surface area contributed by atoms with Crippen LogP contribution in [0.4, 0.5) is 0 Å². The number of aliphatic hydroxyl groups excluding tert-OH is 1. The molecule has 1 aliphatic heterocycles. The van der Waals surface area contributed by atoms with E-state index in [0.29, 0.717) is 25.0 Å². The molecule has 0 aliphatic carbocycles. The summed E-state index contributed by atoms with van der Waals surface area (Å²) in [6.07, 6.45) is 1.73. The summed E-state index contributed by atoms with van der Waals surface area (Å²) in [4.78, 5) is 110. The average molecular weight is 737 g/mol. The van der Waals surface area contributed by atoms with Crippen molar-refractivity contribution in [1.82, 2.24) is 41.5 Å². The van der Waals surface area contributed by atoms with Crippen molar-refractivity contribution in [3.8, 4) is 0 Å². The summed E-state index contributed by atoms with van der Waals surface area (Å²) >= 11 is 0. The largest absolute Gasteiger partial charge is 0.480 e. The fourth-order valence-corrected chi connectivity index (χ4v) is 5.58. The first-order chi connectivity index (χ1) is 24.3. The number of aliphatic hydroxyl groups is 1. The van der Waals surface area contributed by atoms with Crippen LogP contribution in [-0.4, -0.2) is 128 Å². The molecule has 290 valence electrons. The van der Waals surface area contributed by atoms with E-state index in [0.717, 1.165) is 0 Å². The highest BCUT2D eigenvalue weighted by Crippen LogP contribution is 2.20. The van der Waals surface area contributed by atoms with E-state index < -0.39 is 109 Å². The summed E-state index contributed by atoms with van der Waals surface area (Å²) in [5.74, 6) is -7.54. The first-order valence-corrected chi connectivity index (χ1v) is 17.0. The van der Waals surface area contributed by atoms with E-state index in [9.17, 15) is 48.6 Å². The number of rotatable bonds is 20. The van der Waals surface area contributed by atoms with Gasteiger partial charge in [-0.05, 0) is 38.0 Å². The van der Waals surface area contributed by atoms with Crippen molar-refractivity contribution in [1.29, 1.82) is 0 Å². The van der Waals surface area contributed by atoms with Gasteiger partial charge in [-0.15, -0.1) is 0 Å². The zero-order valence-electron chi connectivity index (χ0n) is 30.0. The van der Waals surface area contributed by atoms with Crippen LogP contribution >= 0.6 is 0 Å². The fraction of sp³-hybridized carbons (Fsp3) is 0.656. The Labute approximate surface area is 301 Å². The number of H-pyrrole nitrogens is 1. The normalized spacial score (nSPS) is 17.6. The van der Waals surface area contributed by atoms with Gasteiger partial charge in [-0.2, -0.15) is 0 Å². The van der Waals surface area contributed by atoms with Gasteiger partial charge >= 0.3 is 5.97 Å². The van der Waals surface area contributed by atoms with E-state index >= 15 is 0 Å². The lowest BCUT2D eigenvalue weighted by Gasteiger charge is -2.28. The lowest BCUT2D eigenvalue weighted by atomic mass is 10.0. The van der Waals surface area contributed by atoms with Crippen molar-refractivity contribution in [3.63, 3.8) is 0 Å². The number of nitrogens with zero attached hydrogens (tertiary/aromatic N) is 2. The third-order valence-electron chi connectivity index (χ3n) is 8.26. The van der Waals surface area contributed by atoms with Crippen LogP contribution in [-0.2, 0) is 44.8 Å². The van der Waals surface area contributed by atoms with Crippen molar-refractivity contribution in [3.05, 3.63) is 18.2 Å². The van der Waals surface area contributed by atoms with Crippen molar-refractivity contribution in [2.45, 2.75) is 109 Å². The third kappa shape index (κ3) is 13.2. The molecule has 20 heteroatoms. The molecular formula is C32H52N10O10. The molecule has 7 amide bonds. The lowest BCUT2D eigenvalue weighted by molar-refractivity contribution is -0.142. The Hall–Kier alpha value is -5.11. The monoisotopic (exact) mass is 736 g/mol. The summed E-state index contributed by atoms with van der Waals surface area (Å²) in [6.45, 7) is 7.71. The molecular weight excluding hydrogens is 684 g/mol. The molecule has 7 atom stereocenters. The number of aromatic nitrogens is 2. The number of carboxylic acid groups (broad SMARTS) is 1. The quantitative estimate of drug-likeness (QED) is 0.0620. The Morgan fingerprint density at radius 3 is 2.13 bits per heavy atom. The highest BCUT2D eigenvalue weighted by atomic mass is 16.4. The SMILES string of the molecule is CC(C)C[C@H](N)C(=O)N1CCC[C@H]1C(=O)N[C@@H](CC(N)=O)C(=O)NCC(=O)N[C@H](C(=O)N[C@H](C(=O)N[C@@H](Cc1cnc[nH]1)C(=O)O)C(C)C)[C@@H](C)O. The number of primary amides is 1. The molecule has 0 spiro atoms. The molecule has 1 aromatic heterocycles. The number of carbonyl (C=O) groups excluding carboxylic acids is 7. The van der Waals surface area contributed by atoms with Gasteiger partial charge in [-0.25, -0.2) is 9.78 Å². The van der Waals surface area contributed by atoms with Crippen LogP contribution in [0.15, 0.2) is 12.5 Å². The summed E-state index contributed by atoms with van der Waals surface area (Å²) in [5, 5.41) is 31.7. The number of imidazole rings is 1. The number of carbonyl (C=O) groups is 8. The number of aromatic amines is 1. The first kappa shape index (κ1) is 43.1. The summed E-state index contributed by atoms with van der Waals surface area (Å²) in [7, 11) is 0. The maximum atomic E-state index is 13.2. The van der Waals surface area contributed by atoms with Crippen LogP contribution < -0.4 is 38.1 Å². The van der Waals surface area contributed by atoms with E-state index in [-0.39, 0.29) is 18.9 Å². The van der Waals surface area contributed by atoms with Gasteiger partial charge in [0.15, 0.2) is 0 Å². The molecule has 0 bridgehead atoms. The summed E-state index contributed by atoms with van der Waals surface area (Å²) < 4.78 is 0. The second kappa shape index (κ2) is 20.1. The first-order valence-electron chi connectivity index (χ1n) is 17.0. The zero-order chi connectivity index (χ0) is 39.3. The van der Waals surface area contributed by atoms with Gasteiger partial charge in [-0.3, -0.25) is 33.6 Å². The van der Waals surface area contributed by atoms with Crippen molar-refractivity contribution >= 4 is 47.3 Å². The number of amides is 7. The second-order valence-corrected chi connectivity index (χ2v) is 13.6. The molecule has 0 radical (unpaired) electrons. The molecule has 0 saturated carbocycles. The topological polar surface area (TPSA) is 321 Å². The Morgan fingerprint density at radius 2 is 1.60 bits per heavy atom. The Morgan fingerprint density at radius 1 is 0.942 bits per heavy atom. The van der Waals surface area contributed by atoms with Crippen LogP contribution in [0.3, 0.4) is 0 Å². The number of nitrogens with two attached hydrogens (primary N) is 2. The van der Waals surface area contributed by atoms with Crippen LogP contribution in [0.2, 0.25) is 0 Å². The Bertz CT molecular complexity index is 1430. The average Bonchev–Trinajstić information content (AvgIpc) is 3.75. The molecule has 20 nitrogen and oxygen atoms in total. The van der Waals surface area contributed by atoms with Gasteiger partial charge in [-0.1, -0.05) is 27.7 Å². The van der Waals surface area contributed by atoms with Gasteiger partial charge in [0.25, 0.3) is 0 Å². The standard InChI is InChI=1S/C32H52N10O10/c1-15(2)9-19(33)31(50)42-8-6-7-22(42)28(47)38-20(11-23(34)44)27(46)36-13-24(45)40-26(17(5)43)30(49)41-25(16(3)4)29(48)39-21(32(51)52)10-18-12-35-14-37-18/h12,14-17,19-22,25-26,43H,6-11,13,33H2,1-5H3,(H2,34,44)(H,35,37)(H,36,46)(H,38,47)(H,39,48)(H,40,45)(H,41,49)(H,51,52)/t17-,19+,20+,21+,22+,25+,26+/m1/s1. The van der Waals surface area contributed by atoms with Crippen molar-refractivity contribution < 1.29 is 48.6 Å². The van der Waals surface area contributed by atoms with Gasteiger partial charge in [0, 0.05) is 24.9 Å². The van der Waals surface area contributed by atoms with Crippen molar-refractivity contribution in [2.75, 3.05) is 13.1 Å². The molecule has 2 rings (SSSR count). The van der Waals surface area contributed by atoms with Gasteiger partial charge in [0.1, 0.15) is 30.2 Å². The van der Waals surface area contributed by atoms with E-state index in [4.69, 9.17) is 11.5 Å². The minimum atomic E-state index is -1.62. The number of hydrogen-bond acceptors (Lipinski definition) is 11. The number of hydrogen-bond donors (Lipinski definition) is 10. The smallest absolute Gasteiger partial charge is 0.326 e. The molecule has 0 unspecified atom stereocenters. The maximum Gasteiger partial charge on any atom is 0.326 e. The molecule has 2 heterocycles. The van der Waals surface area contributed by atoms with E-state index in [1.807, 2.05) is 13.8 Å². The van der Waals surface area contributed by atoms with Gasteiger partial charge in [0.2, 0.25) is 41.4 Å². The predicted molar refractivity (Wildman–Crippen MR) is 183 cm³/mol. The lowest BCUT2D eigenvalue weighted by Crippen LogP contribution is -2.60. The third-order valence-corrected chi connectivity index (χ3v) is 8.26. The number of likely N-dealkylation sites (tertiary alicyclic amines) is 1. The summed E-state index contributed by atoms with van der Waals surface area (Å²) in [6, 6.07) is -7.52. The molecule has 52 heavy (non-hydrogen) atoms. The minimum absolute atomic E-state index is 0.117. The molecule has 1 fully saturated rings. The maximum absolute atomic E-state index is 13.2. The van der Waals surface area contributed by atoms with Crippen LogP contribution in [0, 0.1) is 11.8 Å². The number of nitrogens with one attached hydrogen (secondary N) is 6. The molecule has 12 N–H and O–H groups in total. The van der Waals surface area contributed by atoms with Gasteiger partial charge in [0.05, 0.1) is 31.4 Å². The number of aliphatic carboxylic acids is 1. The molecule has 0 aromatic carbocycles. The minimum Gasteiger partial charge on any atom is -0.480 e. The predicted octanol–water partition coefficient (Wildman–Crippen LogP) is -3.63. The zero-order valence-corrected chi connectivity index (χ0v) is 30.0. The second-order valence-electron chi connectivity index (χ2n) is 13.6. The molecule has 1 aliphatic rings. The Balaban J connectivity index is 2.04. The molecule has 1 saturated heterocycles. The van der Waals surface area contributed by atoms with Crippen LogP contribution in [0.25, 0.3) is 0 Å². The highest BCUT2D eigenvalue weighted by Gasteiger charge is 2.38. The Kier molecular flexibility index (Phi) is 16.6. The van der Waals surface area contributed by atoms with Crippen LogP contribution in [0.1, 0.15) is 66.0 Å².